The van der Waals surface area contributed by atoms with Gasteiger partial charge in [0.2, 0.25) is 11.8 Å². The molecule has 11 nitrogen and oxygen atoms in total. The summed E-state index contributed by atoms with van der Waals surface area (Å²) in [5.41, 5.74) is -0.262. The number of esters is 1. The number of nitrogens with zero attached hydrogens (tertiary/aromatic N) is 2. The number of benzene rings is 2. The maximum Gasteiger partial charge on any atom is 0.313 e. The molecule has 0 unspecified atom stereocenters. The van der Waals surface area contributed by atoms with Crippen molar-refractivity contribution >= 4 is 45.3 Å². The number of ether oxygens (including phenoxy) is 3. The lowest BCUT2D eigenvalue weighted by atomic mass is 9.74. The zero-order valence-corrected chi connectivity index (χ0v) is 27.8. The van der Waals surface area contributed by atoms with Gasteiger partial charge in [-0.25, -0.2) is 0 Å². The number of halogens is 1. The Bertz CT molecular complexity index is 1580. The van der Waals surface area contributed by atoms with Crippen LogP contribution in [0.5, 0.6) is 5.75 Å². The standard InChI is InChI=1S/C35H38BrN3O8/c1-3-22(20-40)39-31-33(43)38(23-13-15-24(45-2)16-14-23)17-9-5-8-12-27(41)37-19-26(21-10-6-4-7-11-21)46-34(44)28-29(32(39)42)35(31)18-25(36)30(28)47-35/h4-7,9-11,13-16,18,22,26,28-31,40H,3,8,12,17,19-20H2,1-2H3,(H,37,41)/b9-5-/t22-,26+,28+,29-,30+,31+,35-/m0/s1. The van der Waals surface area contributed by atoms with Gasteiger partial charge in [0.05, 0.1) is 32.2 Å². The highest BCUT2D eigenvalue weighted by Gasteiger charge is 2.75. The molecule has 2 aromatic carbocycles. The van der Waals surface area contributed by atoms with Gasteiger partial charge in [0.1, 0.15) is 35.5 Å². The molecule has 7 atom stereocenters. The van der Waals surface area contributed by atoms with E-state index in [1.165, 1.54) is 4.90 Å². The van der Waals surface area contributed by atoms with Gasteiger partial charge >= 0.3 is 5.97 Å². The quantitative estimate of drug-likeness (QED) is 0.345. The number of hydrogen-bond acceptors (Lipinski definition) is 8. The van der Waals surface area contributed by atoms with E-state index in [0.717, 1.165) is 0 Å². The first kappa shape index (κ1) is 32.9. The minimum atomic E-state index is -1.50. The lowest BCUT2D eigenvalue weighted by Gasteiger charge is -2.38. The van der Waals surface area contributed by atoms with Crippen LogP contribution in [0, 0.1) is 11.8 Å². The van der Waals surface area contributed by atoms with Gasteiger partial charge in [-0.15, -0.1) is 0 Å². The van der Waals surface area contributed by atoms with Crippen LogP contribution >= 0.6 is 15.9 Å². The SMILES string of the molecule is CC[C@@H](CO)N1C(=O)[C@@H]2[C@H]3C(=O)O[C@@H](c4ccccc4)CNC(=O)CC/C=C\CN(c4ccc(OC)cc4)C(=O)[C@@H]1[C@]21C=C(Br)[C@H]3O1. The average molecular weight is 709 g/mol. The highest BCUT2D eigenvalue weighted by molar-refractivity contribution is 9.11. The lowest BCUT2D eigenvalue weighted by Crippen LogP contribution is -2.58. The normalized spacial score (nSPS) is 30.8. The number of cyclic esters (lactones) is 1. The fraction of sp³-hybridized carbons (Fsp3) is 0.429. The molecule has 4 aliphatic rings. The Labute approximate surface area is 281 Å². The number of anilines is 1. The van der Waals surface area contributed by atoms with Crippen LogP contribution < -0.4 is 15.0 Å². The summed E-state index contributed by atoms with van der Waals surface area (Å²) in [5.74, 6) is -3.33. The van der Waals surface area contributed by atoms with Gasteiger partial charge in [-0.3, -0.25) is 19.2 Å². The van der Waals surface area contributed by atoms with Crippen LogP contribution in [-0.2, 0) is 28.7 Å². The maximum absolute atomic E-state index is 14.9. The minimum Gasteiger partial charge on any atom is -0.497 e. The van der Waals surface area contributed by atoms with Crippen LogP contribution in [0.1, 0.15) is 37.9 Å². The zero-order valence-electron chi connectivity index (χ0n) is 26.2. The number of carbonyl (C=O) groups is 4. The molecule has 5 bridgehead atoms. The monoisotopic (exact) mass is 707 g/mol. The van der Waals surface area contributed by atoms with E-state index in [-0.39, 0.29) is 32.0 Å². The summed E-state index contributed by atoms with van der Waals surface area (Å²) in [6, 6.07) is 14.2. The van der Waals surface area contributed by atoms with Crippen molar-refractivity contribution in [2.24, 2.45) is 11.8 Å². The third kappa shape index (κ3) is 5.87. The van der Waals surface area contributed by atoms with Crippen LogP contribution in [0.25, 0.3) is 0 Å². The molecule has 4 aliphatic heterocycles. The number of hydrogen-bond donors (Lipinski definition) is 2. The van der Waals surface area contributed by atoms with E-state index in [2.05, 4.69) is 21.2 Å². The second-order valence-corrected chi connectivity index (χ2v) is 13.0. The molecule has 248 valence electrons. The molecule has 6 rings (SSSR count). The Morgan fingerprint density at radius 1 is 1.06 bits per heavy atom. The van der Waals surface area contributed by atoms with Crippen LogP contribution in [-0.4, -0.2) is 84.3 Å². The van der Waals surface area contributed by atoms with Crippen LogP contribution in [0.2, 0.25) is 0 Å². The Morgan fingerprint density at radius 3 is 2.49 bits per heavy atom. The first-order valence-electron chi connectivity index (χ1n) is 15.9. The Hall–Kier alpha value is -4.00. The Morgan fingerprint density at radius 2 is 1.81 bits per heavy atom. The van der Waals surface area contributed by atoms with Gasteiger partial charge in [0, 0.05) is 23.1 Å². The maximum atomic E-state index is 14.9. The van der Waals surface area contributed by atoms with Crippen molar-refractivity contribution < 1.29 is 38.5 Å². The zero-order chi connectivity index (χ0) is 33.3. The van der Waals surface area contributed by atoms with Crippen molar-refractivity contribution in [3.63, 3.8) is 0 Å². The molecular weight excluding hydrogens is 670 g/mol. The van der Waals surface area contributed by atoms with Gasteiger partial charge in [-0.05, 0) is 48.7 Å². The molecule has 0 aromatic heterocycles. The molecule has 1 spiro atoms. The van der Waals surface area contributed by atoms with Crippen LogP contribution in [0.4, 0.5) is 5.69 Å². The van der Waals surface area contributed by atoms with Crippen molar-refractivity contribution in [3.05, 3.63) is 82.9 Å². The molecule has 2 N–H and O–H groups in total. The van der Waals surface area contributed by atoms with Crippen molar-refractivity contribution in [1.29, 1.82) is 0 Å². The van der Waals surface area contributed by atoms with Gasteiger partial charge in [0.15, 0.2) is 0 Å². The highest BCUT2D eigenvalue weighted by Crippen LogP contribution is 2.59. The Balaban J connectivity index is 1.47. The lowest BCUT2D eigenvalue weighted by molar-refractivity contribution is -0.160. The molecule has 2 saturated heterocycles. The molecule has 0 saturated carbocycles. The molecule has 0 radical (unpaired) electrons. The van der Waals surface area contributed by atoms with Crippen molar-refractivity contribution in [1.82, 2.24) is 10.2 Å². The summed E-state index contributed by atoms with van der Waals surface area (Å²) >= 11 is 3.57. The van der Waals surface area contributed by atoms with E-state index in [1.54, 1.807) is 42.4 Å². The van der Waals surface area contributed by atoms with Gasteiger partial charge in [0.25, 0.3) is 5.91 Å². The number of fused-ring (bicyclic) bond motifs is 2. The van der Waals surface area contributed by atoms with E-state index in [1.807, 2.05) is 49.4 Å². The van der Waals surface area contributed by atoms with Crippen molar-refractivity contribution in [2.45, 2.75) is 56.1 Å². The summed E-state index contributed by atoms with van der Waals surface area (Å²) in [5, 5.41) is 13.3. The third-order valence-corrected chi connectivity index (χ3v) is 10.2. The molecule has 12 heteroatoms. The number of nitrogens with one attached hydrogen (secondary N) is 1. The number of carbonyl (C=O) groups excluding carboxylic acids is 4. The molecule has 0 aliphatic carbocycles. The van der Waals surface area contributed by atoms with Crippen LogP contribution in [0.3, 0.4) is 0 Å². The average Bonchev–Trinajstić information content (AvgIpc) is 3.68. The summed E-state index contributed by atoms with van der Waals surface area (Å²) in [4.78, 5) is 59.4. The topological polar surface area (TPSA) is 135 Å². The molecule has 4 heterocycles. The smallest absolute Gasteiger partial charge is 0.313 e. The van der Waals surface area contributed by atoms with Gasteiger partial charge in [-0.2, -0.15) is 0 Å². The summed E-state index contributed by atoms with van der Waals surface area (Å²) in [7, 11) is 1.55. The van der Waals surface area contributed by atoms with Crippen LogP contribution in [0.15, 0.2) is 77.3 Å². The van der Waals surface area contributed by atoms with E-state index < -0.39 is 59.5 Å². The molecule has 3 amide bonds. The Kier molecular flexibility index (Phi) is 9.54. The number of aliphatic hydroxyl groups is 1. The number of methoxy groups -OCH3 is 1. The highest BCUT2D eigenvalue weighted by atomic mass is 79.9. The fourth-order valence-electron chi connectivity index (χ4n) is 7.17. The molecule has 2 aromatic rings. The largest absolute Gasteiger partial charge is 0.497 e. The molecular formula is C35H38BrN3O8. The predicted octanol–water partition coefficient (Wildman–Crippen LogP) is 3.42. The summed E-state index contributed by atoms with van der Waals surface area (Å²) < 4.78 is 18.6. The fourth-order valence-corrected chi connectivity index (χ4v) is 7.90. The predicted molar refractivity (Wildman–Crippen MR) is 175 cm³/mol. The second-order valence-electron chi connectivity index (χ2n) is 12.1. The van der Waals surface area contributed by atoms with Gasteiger partial charge < -0.3 is 34.4 Å². The van der Waals surface area contributed by atoms with E-state index >= 15 is 0 Å². The molecule has 2 fully saturated rings. The summed E-state index contributed by atoms with van der Waals surface area (Å²) in [6.07, 6.45) is 4.68. The van der Waals surface area contributed by atoms with E-state index in [9.17, 15) is 24.3 Å². The number of rotatable bonds is 6. The van der Waals surface area contributed by atoms with E-state index in [0.29, 0.717) is 34.3 Å². The minimum absolute atomic E-state index is 0.0399. The third-order valence-electron chi connectivity index (χ3n) is 9.50. The number of aliphatic hydroxyl groups excluding tert-OH is 1. The number of likely N-dealkylation sites (tertiary alicyclic amines) is 1. The van der Waals surface area contributed by atoms with E-state index in [4.69, 9.17) is 14.2 Å². The summed E-state index contributed by atoms with van der Waals surface area (Å²) in [6.45, 7) is 1.63. The first-order chi connectivity index (χ1) is 22.7. The number of allylic oxidation sites excluding steroid dienone is 1. The first-order valence-corrected chi connectivity index (χ1v) is 16.6. The van der Waals surface area contributed by atoms with Crippen molar-refractivity contribution in [2.75, 3.05) is 31.7 Å². The molecule has 47 heavy (non-hydrogen) atoms. The van der Waals surface area contributed by atoms with Crippen molar-refractivity contribution in [3.8, 4) is 5.75 Å². The number of amides is 3. The second kappa shape index (κ2) is 13.6. The van der Waals surface area contributed by atoms with Gasteiger partial charge in [-0.1, -0.05) is 65.3 Å².